The molecular formula is C6H12ClNO. The van der Waals surface area contributed by atoms with Crippen molar-refractivity contribution >= 4 is 6.29 Å². The minimum absolute atomic E-state index is 0. The molecule has 0 aliphatic heterocycles. The Morgan fingerprint density at radius 1 is 1.56 bits per heavy atom. The first-order valence-corrected chi connectivity index (χ1v) is 2.52. The van der Waals surface area contributed by atoms with E-state index in [0.717, 1.165) is 6.29 Å². The molecule has 0 saturated heterocycles. The van der Waals surface area contributed by atoms with Crippen molar-refractivity contribution in [3.63, 3.8) is 0 Å². The Morgan fingerprint density at radius 3 is 2.11 bits per heavy atom. The molecule has 0 N–H and O–H groups in total. The molecule has 0 bridgehead atoms. The molecule has 54 valence electrons. The van der Waals surface area contributed by atoms with E-state index in [1.165, 1.54) is 0 Å². The van der Waals surface area contributed by atoms with Crippen LogP contribution in [0.15, 0.2) is 12.8 Å². The van der Waals surface area contributed by atoms with Crippen molar-refractivity contribution in [2.75, 3.05) is 20.6 Å². The van der Waals surface area contributed by atoms with Crippen LogP contribution in [0.2, 0.25) is 0 Å². The summed E-state index contributed by atoms with van der Waals surface area (Å²) in [5, 5.41) is 0. The Bertz CT molecular complexity index is 101. The summed E-state index contributed by atoms with van der Waals surface area (Å²) in [6.07, 6.45) is 2.62. The fraction of sp³-hybridized carbons (Fsp3) is 0.500. The molecule has 2 nitrogen and oxygen atoms in total. The zero-order valence-corrected chi connectivity index (χ0v) is 6.56. The van der Waals surface area contributed by atoms with Crippen LogP contribution in [0.25, 0.3) is 0 Å². The van der Waals surface area contributed by atoms with Gasteiger partial charge in [-0.25, -0.2) is 0 Å². The first-order valence-electron chi connectivity index (χ1n) is 2.52. The Kier molecular flexibility index (Phi) is 5.77. The predicted molar refractivity (Wildman–Crippen MR) is 33.2 cm³/mol. The zero-order chi connectivity index (χ0) is 6.62. The third-order valence-electron chi connectivity index (χ3n) is 1.04. The van der Waals surface area contributed by atoms with Crippen LogP contribution in [0.3, 0.4) is 0 Å². The lowest BCUT2D eigenvalue weighted by atomic mass is 10.5. The van der Waals surface area contributed by atoms with Gasteiger partial charge in [0.25, 0.3) is 0 Å². The van der Waals surface area contributed by atoms with Crippen molar-refractivity contribution in [1.82, 2.24) is 0 Å². The van der Waals surface area contributed by atoms with Crippen molar-refractivity contribution in [1.29, 1.82) is 0 Å². The summed E-state index contributed by atoms with van der Waals surface area (Å²) in [4.78, 5) is 9.92. The maximum atomic E-state index is 9.92. The number of carbonyl (C=O) groups excluding carboxylic acids is 1. The lowest BCUT2D eigenvalue weighted by molar-refractivity contribution is -0.829. The third kappa shape index (κ3) is 5.53. The number of nitrogens with zero attached hydrogens (tertiary/aromatic N) is 1. The van der Waals surface area contributed by atoms with Crippen LogP contribution in [0.1, 0.15) is 0 Å². The van der Waals surface area contributed by atoms with Gasteiger partial charge in [0.1, 0.15) is 6.54 Å². The summed E-state index contributed by atoms with van der Waals surface area (Å²) in [7, 11) is 3.84. The van der Waals surface area contributed by atoms with Gasteiger partial charge in [-0.1, -0.05) is 0 Å². The van der Waals surface area contributed by atoms with E-state index >= 15 is 0 Å². The van der Waals surface area contributed by atoms with Gasteiger partial charge in [-0.3, -0.25) is 9.28 Å². The van der Waals surface area contributed by atoms with Crippen LogP contribution in [0.4, 0.5) is 0 Å². The van der Waals surface area contributed by atoms with Crippen LogP contribution >= 0.6 is 0 Å². The van der Waals surface area contributed by atoms with Crippen LogP contribution in [0.5, 0.6) is 0 Å². The van der Waals surface area contributed by atoms with Crippen LogP contribution in [-0.2, 0) is 4.79 Å². The summed E-state index contributed by atoms with van der Waals surface area (Å²) < 4.78 is 0.559. The molecule has 9 heavy (non-hydrogen) atoms. The van der Waals surface area contributed by atoms with E-state index in [9.17, 15) is 4.79 Å². The molecule has 0 aliphatic carbocycles. The van der Waals surface area contributed by atoms with Gasteiger partial charge in [0.15, 0.2) is 6.29 Å². The Morgan fingerprint density at radius 2 is 2.00 bits per heavy atom. The van der Waals surface area contributed by atoms with Gasteiger partial charge in [0.05, 0.1) is 20.3 Å². The second-order valence-corrected chi connectivity index (χ2v) is 2.31. The maximum absolute atomic E-state index is 9.92. The number of quaternary nitrogens is 1. The number of hydrogen-bond donors (Lipinski definition) is 0. The Labute approximate surface area is 62.2 Å². The Hall–Kier alpha value is -0.340. The predicted octanol–water partition coefficient (Wildman–Crippen LogP) is -2.59. The molecule has 0 atom stereocenters. The van der Waals surface area contributed by atoms with Crippen LogP contribution in [0, 0.1) is 0 Å². The average molecular weight is 150 g/mol. The van der Waals surface area contributed by atoms with E-state index < -0.39 is 0 Å². The minimum Gasteiger partial charge on any atom is -1.00 e. The van der Waals surface area contributed by atoms with Crippen molar-refractivity contribution in [3.05, 3.63) is 12.8 Å². The van der Waals surface area contributed by atoms with Crippen LogP contribution in [-0.4, -0.2) is 31.4 Å². The van der Waals surface area contributed by atoms with E-state index in [-0.39, 0.29) is 12.4 Å². The number of carbonyl (C=O) groups is 1. The summed E-state index contributed by atoms with van der Waals surface area (Å²) in [6, 6.07) is 0. The van der Waals surface area contributed by atoms with Crippen LogP contribution < -0.4 is 12.4 Å². The van der Waals surface area contributed by atoms with E-state index in [0.29, 0.717) is 11.0 Å². The molecule has 0 amide bonds. The monoisotopic (exact) mass is 149 g/mol. The lowest BCUT2D eigenvalue weighted by Crippen LogP contribution is -3.00. The largest absolute Gasteiger partial charge is 1.00 e. The summed E-state index contributed by atoms with van der Waals surface area (Å²) in [6.45, 7) is 4.07. The first-order chi connectivity index (χ1) is 3.62. The number of halogens is 1. The molecule has 0 aliphatic rings. The molecule has 0 heterocycles. The molecular weight excluding hydrogens is 138 g/mol. The number of rotatable bonds is 3. The smallest absolute Gasteiger partial charge is 0.174 e. The lowest BCUT2D eigenvalue weighted by Gasteiger charge is -2.20. The van der Waals surface area contributed by atoms with Gasteiger partial charge in [-0.05, 0) is 6.58 Å². The van der Waals surface area contributed by atoms with E-state index in [1.54, 1.807) is 6.20 Å². The second-order valence-electron chi connectivity index (χ2n) is 2.31. The molecule has 3 heteroatoms. The second kappa shape index (κ2) is 4.53. The maximum Gasteiger partial charge on any atom is 0.174 e. The highest BCUT2D eigenvalue weighted by Gasteiger charge is 2.06. The van der Waals surface area contributed by atoms with Crippen molar-refractivity contribution in [2.45, 2.75) is 0 Å². The van der Waals surface area contributed by atoms with Gasteiger partial charge >= 0.3 is 0 Å². The Balaban J connectivity index is 0. The highest BCUT2D eigenvalue weighted by molar-refractivity contribution is 5.50. The van der Waals surface area contributed by atoms with Gasteiger partial charge in [-0.2, -0.15) is 0 Å². The molecule has 0 fully saturated rings. The third-order valence-corrected chi connectivity index (χ3v) is 1.04. The van der Waals surface area contributed by atoms with Crippen molar-refractivity contribution in [2.24, 2.45) is 0 Å². The number of hydrogen-bond acceptors (Lipinski definition) is 1. The van der Waals surface area contributed by atoms with Crippen molar-refractivity contribution < 1.29 is 21.7 Å². The molecule has 0 aromatic carbocycles. The molecule has 0 aromatic rings. The van der Waals surface area contributed by atoms with Gasteiger partial charge < -0.3 is 12.4 Å². The standard InChI is InChI=1S/C6H12NO.ClH/c1-4-7(2,3)5-6-8;/h4,6H,1,5H2,2-3H3;1H/q+1;/p-1. The minimum atomic E-state index is 0. The molecule has 0 unspecified atom stereocenters. The normalized spacial score (nSPS) is 9.56. The quantitative estimate of drug-likeness (QED) is 0.318. The fourth-order valence-electron chi connectivity index (χ4n) is 0.267. The van der Waals surface area contributed by atoms with E-state index in [2.05, 4.69) is 6.58 Å². The average Bonchev–Trinajstić information content (AvgIpc) is 1.67. The fourth-order valence-corrected chi connectivity index (χ4v) is 0.267. The van der Waals surface area contributed by atoms with Gasteiger partial charge in [-0.15, -0.1) is 0 Å². The van der Waals surface area contributed by atoms with E-state index in [1.807, 2.05) is 14.1 Å². The number of likely N-dealkylation sites (N-methyl/N-ethyl adjacent to an activating group) is 1. The van der Waals surface area contributed by atoms with E-state index in [4.69, 9.17) is 0 Å². The zero-order valence-electron chi connectivity index (χ0n) is 5.80. The SMILES string of the molecule is C=C[N+](C)(C)CC=O.[Cl-]. The topological polar surface area (TPSA) is 17.1 Å². The molecule has 0 rings (SSSR count). The highest BCUT2D eigenvalue weighted by Crippen LogP contribution is 1.91. The number of aldehydes is 1. The molecule has 0 aromatic heterocycles. The molecule has 0 radical (unpaired) electrons. The van der Waals surface area contributed by atoms with Crippen molar-refractivity contribution in [3.8, 4) is 0 Å². The highest BCUT2D eigenvalue weighted by atomic mass is 35.5. The first kappa shape index (κ1) is 11.5. The summed E-state index contributed by atoms with van der Waals surface area (Å²) in [5.74, 6) is 0. The van der Waals surface area contributed by atoms with Gasteiger partial charge in [0, 0.05) is 0 Å². The molecule has 0 spiro atoms. The van der Waals surface area contributed by atoms with Gasteiger partial charge in [0.2, 0.25) is 0 Å². The molecule has 0 saturated carbocycles. The summed E-state index contributed by atoms with van der Waals surface area (Å²) in [5.41, 5.74) is 0. The summed E-state index contributed by atoms with van der Waals surface area (Å²) >= 11 is 0.